The molecule has 1 fully saturated rings. The van der Waals surface area contributed by atoms with Crippen LogP contribution in [0.3, 0.4) is 0 Å². The van der Waals surface area contributed by atoms with E-state index < -0.39 is 11.9 Å². The number of carbonyl (C=O) groups is 1. The molecule has 1 saturated heterocycles. The van der Waals surface area contributed by atoms with Crippen LogP contribution in [0.5, 0.6) is 0 Å². The normalized spacial score (nSPS) is 17.9. The first-order valence-corrected chi connectivity index (χ1v) is 10.1. The number of hydrogen-bond donors (Lipinski definition) is 1. The van der Waals surface area contributed by atoms with Gasteiger partial charge in [0.1, 0.15) is 6.04 Å². The van der Waals surface area contributed by atoms with E-state index in [0.29, 0.717) is 28.8 Å². The van der Waals surface area contributed by atoms with Gasteiger partial charge in [-0.05, 0) is 61.3 Å². The van der Waals surface area contributed by atoms with Gasteiger partial charge in [0.2, 0.25) is 17.6 Å². The van der Waals surface area contributed by atoms with Crippen molar-refractivity contribution in [2.75, 3.05) is 13.1 Å². The zero-order chi connectivity index (χ0) is 21.1. The third-order valence-corrected chi connectivity index (χ3v) is 5.59. The van der Waals surface area contributed by atoms with E-state index >= 15 is 0 Å². The summed E-state index contributed by atoms with van der Waals surface area (Å²) in [5.74, 6) is 0.644. The molecule has 0 saturated carbocycles. The predicted molar refractivity (Wildman–Crippen MR) is 111 cm³/mol. The van der Waals surface area contributed by atoms with E-state index in [1.807, 2.05) is 17.0 Å². The molecule has 152 valence electrons. The number of nitrogens with two attached hydrogens (primary N) is 1. The Labute approximate surface area is 179 Å². The van der Waals surface area contributed by atoms with Gasteiger partial charge in [0.15, 0.2) is 0 Å². The number of hydrogen-bond acceptors (Lipinski definition) is 6. The first-order valence-electron chi connectivity index (χ1n) is 9.68. The molecule has 4 rings (SSSR count). The Morgan fingerprint density at radius 3 is 2.63 bits per heavy atom. The number of nitriles is 1. The molecule has 1 aliphatic heterocycles. The minimum absolute atomic E-state index is 0.00697. The van der Waals surface area contributed by atoms with Crippen molar-refractivity contribution < 1.29 is 9.32 Å². The van der Waals surface area contributed by atoms with Gasteiger partial charge in [-0.1, -0.05) is 28.9 Å². The molecule has 1 aromatic heterocycles. The second-order valence-electron chi connectivity index (χ2n) is 7.34. The number of rotatable bonds is 5. The molecule has 1 aliphatic rings. The maximum atomic E-state index is 12.3. The van der Waals surface area contributed by atoms with Gasteiger partial charge in [-0.3, -0.25) is 9.69 Å². The molecule has 2 heterocycles. The Kier molecular flexibility index (Phi) is 5.79. The maximum absolute atomic E-state index is 12.3. The Morgan fingerprint density at radius 1 is 1.23 bits per heavy atom. The number of halogens is 1. The lowest BCUT2D eigenvalue weighted by Gasteiger charge is -2.35. The van der Waals surface area contributed by atoms with Crippen molar-refractivity contribution in [1.82, 2.24) is 15.0 Å². The summed E-state index contributed by atoms with van der Waals surface area (Å²) < 4.78 is 5.54. The standard InChI is InChI=1S/C22H20ClN5O2/c23-18-9-7-16(8-10-18)21-26-22(30-27-21)17-2-1-11-28(13-17)19(20(25)29)15-5-3-14(12-24)4-6-15/h3-10,17,19H,1-2,11,13H2,(H2,25,29). The van der Waals surface area contributed by atoms with Crippen LogP contribution in [0.2, 0.25) is 5.02 Å². The molecule has 3 aromatic rings. The van der Waals surface area contributed by atoms with Crippen molar-refractivity contribution in [2.24, 2.45) is 5.73 Å². The Balaban J connectivity index is 1.54. The van der Waals surface area contributed by atoms with Crippen molar-refractivity contribution in [1.29, 1.82) is 5.26 Å². The second kappa shape index (κ2) is 8.66. The fourth-order valence-electron chi connectivity index (χ4n) is 3.85. The van der Waals surface area contributed by atoms with Crippen molar-refractivity contribution in [3.05, 3.63) is 70.6 Å². The summed E-state index contributed by atoms with van der Waals surface area (Å²) in [4.78, 5) is 18.9. The van der Waals surface area contributed by atoms with E-state index in [1.54, 1.807) is 36.4 Å². The van der Waals surface area contributed by atoms with Gasteiger partial charge in [0.05, 0.1) is 17.6 Å². The van der Waals surface area contributed by atoms with Crippen LogP contribution in [0.1, 0.15) is 41.8 Å². The summed E-state index contributed by atoms with van der Waals surface area (Å²) in [5, 5.41) is 13.7. The topological polar surface area (TPSA) is 109 Å². The number of benzene rings is 2. The van der Waals surface area contributed by atoms with E-state index in [2.05, 4.69) is 16.2 Å². The summed E-state index contributed by atoms with van der Waals surface area (Å²) in [6.07, 6.45) is 1.76. The van der Waals surface area contributed by atoms with Gasteiger partial charge < -0.3 is 10.3 Å². The molecule has 2 unspecified atom stereocenters. The smallest absolute Gasteiger partial charge is 0.239 e. The molecule has 2 N–H and O–H groups in total. The van der Waals surface area contributed by atoms with Crippen molar-refractivity contribution in [3.63, 3.8) is 0 Å². The fourth-order valence-corrected chi connectivity index (χ4v) is 3.98. The van der Waals surface area contributed by atoms with Crippen LogP contribution >= 0.6 is 11.6 Å². The number of aromatic nitrogens is 2. The first kappa shape index (κ1) is 20.1. The summed E-state index contributed by atoms with van der Waals surface area (Å²) in [6, 6.07) is 15.7. The number of piperidine rings is 1. The Hall–Kier alpha value is -3.21. The van der Waals surface area contributed by atoms with Gasteiger partial charge in [-0.2, -0.15) is 10.2 Å². The summed E-state index contributed by atoms with van der Waals surface area (Å²) >= 11 is 5.94. The van der Waals surface area contributed by atoms with Crippen molar-refractivity contribution >= 4 is 17.5 Å². The van der Waals surface area contributed by atoms with Crippen LogP contribution in [-0.2, 0) is 4.79 Å². The third kappa shape index (κ3) is 4.20. The molecular formula is C22H20ClN5O2. The van der Waals surface area contributed by atoms with Gasteiger partial charge in [0, 0.05) is 17.1 Å². The van der Waals surface area contributed by atoms with Crippen LogP contribution in [0.25, 0.3) is 11.4 Å². The molecule has 0 aliphatic carbocycles. The Morgan fingerprint density at radius 2 is 1.97 bits per heavy atom. The zero-order valence-electron chi connectivity index (χ0n) is 16.2. The lowest BCUT2D eigenvalue weighted by atomic mass is 9.94. The molecule has 7 nitrogen and oxygen atoms in total. The molecule has 2 atom stereocenters. The maximum Gasteiger partial charge on any atom is 0.239 e. The predicted octanol–water partition coefficient (Wildman–Crippen LogP) is 3.67. The number of carbonyl (C=O) groups excluding carboxylic acids is 1. The number of primary amides is 1. The van der Waals surface area contributed by atoms with E-state index in [-0.39, 0.29) is 5.92 Å². The van der Waals surface area contributed by atoms with Crippen LogP contribution in [-0.4, -0.2) is 34.0 Å². The molecule has 0 bridgehead atoms. The van der Waals surface area contributed by atoms with Crippen LogP contribution in [0, 0.1) is 11.3 Å². The minimum Gasteiger partial charge on any atom is -0.368 e. The fraction of sp³-hybridized carbons (Fsp3) is 0.273. The second-order valence-corrected chi connectivity index (χ2v) is 7.77. The van der Waals surface area contributed by atoms with Crippen molar-refractivity contribution in [2.45, 2.75) is 24.8 Å². The molecule has 8 heteroatoms. The van der Waals surface area contributed by atoms with Gasteiger partial charge in [-0.15, -0.1) is 0 Å². The average molecular weight is 422 g/mol. The summed E-state index contributed by atoms with van der Waals surface area (Å²) in [7, 11) is 0. The largest absolute Gasteiger partial charge is 0.368 e. The zero-order valence-corrected chi connectivity index (χ0v) is 16.9. The van der Waals surface area contributed by atoms with E-state index in [0.717, 1.165) is 30.5 Å². The number of amides is 1. The lowest BCUT2D eigenvalue weighted by Crippen LogP contribution is -2.43. The molecular weight excluding hydrogens is 402 g/mol. The number of nitrogens with zero attached hydrogens (tertiary/aromatic N) is 4. The summed E-state index contributed by atoms with van der Waals surface area (Å²) in [5.41, 5.74) is 7.88. The van der Waals surface area contributed by atoms with Crippen LogP contribution in [0.4, 0.5) is 0 Å². The summed E-state index contributed by atoms with van der Waals surface area (Å²) in [6.45, 7) is 1.32. The molecule has 30 heavy (non-hydrogen) atoms. The SMILES string of the molecule is N#Cc1ccc(C(C(N)=O)N2CCCC(c3nc(-c4ccc(Cl)cc4)no3)C2)cc1. The number of likely N-dealkylation sites (tertiary alicyclic amines) is 1. The van der Waals surface area contributed by atoms with Crippen LogP contribution in [0.15, 0.2) is 53.1 Å². The average Bonchev–Trinajstić information content (AvgIpc) is 3.25. The van der Waals surface area contributed by atoms with Gasteiger partial charge in [0.25, 0.3) is 0 Å². The van der Waals surface area contributed by atoms with E-state index in [9.17, 15) is 4.79 Å². The quantitative estimate of drug-likeness (QED) is 0.673. The highest BCUT2D eigenvalue weighted by Crippen LogP contribution is 2.32. The van der Waals surface area contributed by atoms with Gasteiger partial charge >= 0.3 is 0 Å². The van der Waals surface area contributed by atoms with E-state index in [4.69, 9.17) is 27.1 Å². The molecule has 2 aromatic carbocycles. The van der Waals surface area contributed by atoms with Crippen LogP contribution < -0.4 is 5.73 Å². The van der Waals surface area contributed by atoms with Gasteiger partial charge in [-0.25, -0.2) is 0 Å². The highest BCUT2D eigenvalue weighted by Gasteiger charge is 2.33. The highest BCUT2D eigenvalue weighted by molar-refractivity contribution is 6.30. The Bertz CT molecular complexity index is 1070. The molecule has 0 spiro atoms. The third-order valence-electron chi connectivity index (χ3n) is 5.34. The minimum atomic E-state index is -0.570. The highest BCUT2D eigenvalue weighted by atomic mass is 35.5. The molecule has 1 amide bonds. The first-order chi connectivity index (χ1) is 14.5. The lowest BCUT2D eigenvalue weighted by molar-refractivity contribution is -0.124. The monoisotopic (exact) mass is 421 g/mol. The van der Waals surface area contributed by atoms with Crippen molar-refractivity contribution in [3.8, 4) is 17.5 Å². The van der Waals surface area contributed by atoms with E-state index in [1.165, 1.54) is 0 Å². The molecule has 0 radical (unpaired) electrons.